The minimum absolute atomic E-state index is 0.0519. The van der Waals surface area contributed by atoms with Crippen LogP contribution in [0.3, 0.4) is 0 Å². The molecule has 256 valence electrons. The average Bonchev–Trinajstić information content (AvgIpc) is 3.75. The fourth-order valence-electron chi connectivity index (χ4n) is 7.28. The lowest BCUT2D eigenvalue weighted by Crippen LogP contribution is -2.33. The van der Waals surface area contributed by atoms with Gasteiger partial charge < -0.3 is 29.5 Å². The summed E-state index contributed by atoms with van der Waals surface area (Å²) in [5.41, 5.74) is 0.617. The minimum atomic E-state index is -0.463. The minimum Gasteiger partial charge on any atom is -0.455 e. The van der Waals surface area contributed by atoms with Gasteiger partial charge in [0.05, 0.1) is 42.7 Å². The zero-order valence-corrected chi connectivity index (χ0v) is 28.1. The number of hydrogen-bond donors (Lipinski definition) is 3. The van der Waals surface area contributed by atoms with E-state index in [1.165, 1.54) is 70.6 Å². The van der Waals surface area contributed by atoms with Crippen molar-refractivity contribution in [1.29, 1.82) is 0 Å². The molecule has 44 heavy (non-hydrogen) atoms. The Kier molecular flexibility index (Phi) is 18.5. The second-order valence-electron chi connectivity index (χ2n) is 14.0. The van der Waals surface area contributed by atoms with E-state index in [9.17, 15) is 20.1 Å². The molecule has 0 amide bonds. The van der Waals surface area contributed by atoms with Crippen molar-refractivity contribution in [2.75, 3.05) is 0 Å². The summed E-state index contributed by atoms with van der Waals surface area (Å²) in [6, 6.07) is 0. The summed E-state index contributed by atoms with van der Waals surface area (Å²) in [6.07, 6.45) is 26.1. The number of carbonyl (C=O) groups is 1. The molecular formula is C37H66O7. The summed E-state index contributed by atoms with van der Waals surface area (Å²) in [5.74, 6) is -0.281. The van der Waals surface area contributed by atoms with Crippen molar-refractivity contribution in [3.63, 3.8) is 0 Å². The van der Waals surface area contributed by atoms with Gasteiger partial charge >= 0.3 is 5.97 Å². The zero-order valence-electron chi connectivity index (χ0n) is 28.1. The van der Waals surface area contributed by atoms with Gasteiger partial charge in [-0.2, -0.15) is 0 Å². The molecule has 8 atom stereocenters. The van der Waals surface area contributed by atoms with Gasteiger partial charge in [0.15, 0.2) is 0 Å². The molecular weight excluding hydrogens is 556 g/mol. The van der Waals surface area contributed by atoms with Crippen molar-refractivity contribution in [1.82, 2.24) is 0 Å². The number of aliphatic hydroxyl groups is 3. The van der Waals surface area contributed by atoms with Crippen molar-refractivity contribution in [2.24, 2.45) is 0 Å². The monoisotopic (exact) mass is 622 g/mol. The predicted octanol–water partition coefficient (Wildman–Crippen LogP) is 7.86. The first-order valence-electron chi connectivity index (χ1n) is 18.6. The number of cyclic esters (lactones) is 1. The molecule has 2 fully saturated rings. The lowest BCUT2D eigenvalue weighted by Gasteiger charge is -2.24. The van der Waals surface area contributed by atoms with E-state index in [2.05, 4.69) is 6.92 Å². The summed E-state index contributed by atoms with van der Waals surface area (Å²) in [5, 5.41) is 31.6. The van der Waals surface area contributed by atoms with Crippen molar-refractivity contribution < 1.29 is 34.3 Å². The van der Waals surface area contributed by atoms with Gasteiger partial charge in [-0.15, -0.1) is 0 Å². The van der Waals surface area contributed by atoms with Crippen LogP contribution < -0.4 is 0 Å². The molecule has 3 aliphatic rings. The van der Waals surface area contributed by atoms with Crippen molar-refractivity contribution in [2.45, 2.75) is 217 Å². The van der Waals surface area contributed by atoms with E-state index in [0.29, 0.717) is 12.0 Å². The number of hydrogen-bond acceptors (Lipinski definition) is 7. The number of carbonyl (C=O) groups excluding carboxylic acids is 1. The Morgan fingerprint density at radius 3 is 1.52 bits per heavy atom. The maximum absolute atomic E-state index is 11.7. The largest absolute Gasteiger partial charge is 0.455 e. The molecule has 0 aromatic heterocycles. The van der Waals surface area contributed by atoms with Crippen LogP contribution in [0.15, 0.2) is 11.6 Å². The van der Waals surface area contributed by atoms with E-state index >= 15 is 0 Å². The maximum atomic E-state index is 11.7. The van der Waals surface area contributed by atoms with E-state index in [-0.39, 0.29) is 42.6 Å². The van der Waals surface area contributed by atoms with Gasteiger partial charge in [0.2, 0.25) is 0 Å². The smallest absolute Gasteiger partial charge is 0.334 e. The second-order valence-corrected chi connectivity index (χ2v) is 14.0. The number of rotatable bonds is 25. The van der Waals surface area contributed by atoms with Gasteiger partial charge in [0.1, 0.15) is 6.10 Å². The summed E-state index contributed by atoms with van der Waals surface area (Å²) < 4.78 is 17.7. The fraction of sp³-hybridized carbons (Fsp3) is 0.919. The van der Waals surface area contributed by atoms with Gasteiger partial charge in [0, 0.05) is 12.0 Å². The Balaban J connectivity index is 1.13. The van der Waals surface area contributed by atoms with Crippen LogP contribution >= 0.6 is 0 Å². The third kappa shape index (κ3) is 14.2. The maximum Gasteiger partial charge on any atom is 0.334 e. The molecule has 3 N–H and O–H groups in total. The summed E-state index contributed by atoms with van der Waals surface area (Å²) in [4.78, 5) is 11.7. The Morgan fingerprint density at radius 2 is 1.09 bits per heavy atom. The Labute approximate surface area is 268 Å². The topological polar surface area (TPSA) is 105 Å². The predicted molar refractivity (Wildman–Crippen MR) is 175 cm³/mol. The fourth-order valence-corrected chi connectivity index (χ4v) is 7.28. The first-order valence-corrected chi connectivity index (χ1v) is 18.6. The molecule has 3 aliphatic heterocycles. The summed E-state index contributed by atoms with van der Waals surface area (Å²) in [6.45, 7) is 4.09. The highest BCUT2D eigenvalue weighted by Gasteiger charge is 2.40. The molecule has 3 heterocycles. The Hall–Kier alpha value is -0.990. The molecule has 3 rings (SSSR count). The van der Waals surface area contributed by atoms with Crippen LogP contribution in [0, 0.1) is 0 Å². The van der Waals surface area contributed by atoms with Crippen molar-refractivity contribution >= 4 is 5.97 Å². The lowest BCUT2D eigenvalue weighted by molar-refractivity contribution is -0.139. The standard InChI is InChI=1S/C37H66O7/c1-3-4-5-6-7-11-14-17-20-31(39)33-22-24-35(43-33)36-25-23-34(44-36)32(40)21-18-15-12-9-8-10-13-16-19-30(38)27-29-26-28(2)42-37(29)41/h26,28,30-36,38-40H,3-25,27H2,1-2H3/t28?,30-,31+,32-,33-,34-,35-,36-/m0/s1. The van der Waals surface area contributed by atoms with Gasteiger partial charge in [-0.05, 0) is 57.9 Å². The Morgan fingerprint density at radius 1 is 0.659 bits per heavy atom. The SMILES string of the molecule is CCCCCCCCCC[C@@H](O)[C@@H]1CC[C@@H]([C@@H]2CC[C@@H]([C@@H](O)CCCCCCCCCC[C@H](O)CC3=CC(C)OC3=O)O2)O1. The van der Waals surface area contributed by atoms with Crippen LogP contribution in [0.4, 0.5) is 0 Å². The number of unbranched alkanes of at least 4 members (excludes halogenated alkanes) is 14. The third-order valence-electron chi connectivity index (χ3n) is 10.0. The highest BCUT2D eigenvalue weighted by atomic mass is 16.6. The van der Waals surface area contributed by atoms with Gasteiger partial charge in [-0.25, -0.2) is 4.79 Å². The van der Waals surface area contributed by atoms with Gasteiger partial charge in [-0.1, -0.05) is 110 Å². The van der Waals surface area contributed by atoms with Crippen LogP contribution in [-0.2, 0) is 19.0 Å². The molecule has 2 saturated heterocycles. The molecule has 0 bridgehead atoms. The first kappa shape index (κ1) is 37.5. The van der Waals surface area contributed by atoms with Crippen LogP contribution in [0.5, 0.6) is 0 Å². The van der Waals surface area contributed by atoms with Crippen molar-refractivity contribution in [3.05, 3.63) is 11.6 Å². The molecule has 7 nitrogen and oxygen atoms in total. The molecule has 0 spiro atoms. The van der Waals surface area contributed by atoms with E-state index in [4.69, 9.17) is 14.2 Å². The normalized spacial score (nSPS) is 27.4. The first-order chi connectivity index (χ1) is 21.4. The molecule has 0 aromatic rings. The van der Waals surface area contributed by atoms with Crippen molar-refractivity contribution in [3.8, 4) is 0 Å². The third-order valence-corrected chi connectivity index (χ3v) is 10.0. The van der Waals surface area contributed by atoms with Crippen LogP contribution in [0.2, 0.25) is 0 Å². The molecule has 0 aliphatic carbocycles. The van der Waals surface area contributed by atoms with Crippen LogP contribution in [-0.4, -0.2) is 70.1 Å². The van der Waals surface area contributed by atoms with E-state index in [0.717, 1.165) is 77.0 Å². The zero-order chi connectivity index (χ0) is 31.6. The van der Waals surface area contributed by atoms with E-state index in [1.807, 2.05) is 13.0 Å². The second kappa shape index (κ2) is 21.7. The highest BCUT2D eigenvalue weighted by molar-refractivity contribution is 5.90. The summed E-state index contributed by atoms with van der Waals surface area (Å²) >= 11 is 0. The van der Waals surface area contributed by atoms with Crippen LogP contribution in [0.1, 0.15) is 168 Å². The van der Waals surface area contributed by atoms with E-state index in [1.54, 1.807) is 0 Å². The molecule has 0 radical (unpaired) electrons. The molecule has 0 saturated carbocycles. The molecule has 0 aromatic carbocycles. The quantitative estimate of drug-likeness (QED) is 0.0703. The number of esters is 1. The highest BCUT2D eigenvalue weighted by Crippen LogP contribution is 2.34. The van der Waals surface area contributed by atoms with E-state index < -0.39 is 12.2 Å². The Bertz CT molecular complexity index is 801. The summed E-state index contributed by atoms with van der Waals surface area (Å²) in [7, 11) is 0. The van der Waals surface area contributed by atoms with Gasteiger partial charge in [-0.3, -0.25) is 0 Å². The van der Waals surface area contributed by atoms with Crippen LogP contribution in [0.25, 0.3) is 0 Å². The number of ether oxygens (including phenoxy) is 3. The molecule has 7 heteroatoms. The van der Waals surface area contributed by atoms with Gasteiger partial charge in [0.25, 0.3) is 0 Å². The number of aliphatic hydroxyl groups excluding tert-OH is 3. The average molecular weight is 623 g/mol. The lowest BCUT2D eigenvalue weighted by atomic mass is 10.00. The molecule has 1 unspecified atom stereocenters.